The van der Waals surface area contributed by atoms with Crippen LogP contribution < -0.4 is 0 Å². The van der Waals surface area contributed by atoms with Crippen LogP contribution in [0.5, 0.6) is 0 Å². The molecule has 0 radical (unpaired) electrons. The number of aryl methyl sites for hydroxylation is 1. The van der Waals surface area contributed by atoms with E-state index in [9.17, 15) is 18.0 Å². The molecular formula is C10H9F3OS. The monoisotopic (exact) mass is 234 g/mol. The molecule has 0 fully saturated rings. The van der Waals surface area contributed by atoms with E-state index in [-0.39, 0.29) is 5.56 Å². The second kappa shape index (κ2) is 4.26. The topological polar surface area (TPSA) is 17.1 Å². The Bertz CT molecular complexity index is 385. The van der Waals surface area contributed by atoms with Gasteiger partial charge >= 0.3 is 6.18 Å². The van der Waals surface area contributed by atoms with E-state index in [2.05, 4.69) is 0 Å². The first kappa shape index (κ1) is 12.1. The normalized spacial score (nSPS) is 11.5. The molecule has 0 N–H and O–H groups in total. The van der Waals surface area contributed by atoms with Gasteiger partial charge in [0.15, 0.2) is 0 Å². The SMILES string of the molecule is CSc1cc(C)ccc1C(=O)C(F)(F)F. The van der Waals surface area contributed by atoms with Crippen molar-refractivity contribution in [3.63, 3.8) is 0 Å². The molecule has 0 aliphatic heterocycles. The Hall–Kier alpha value is -0.970. The van der Waals surface area contributed by atoms with Gasteiger partial charge < -0.3 is 0 Å². The molecule has 0 amide bonds. The number of ketones is 1. The second-order valence-electron chi connectivity index (χ2n) is 3.03. The van der Waals surface area contributed by atoms with Gasteiger partial charge in [-0.25, -0.2) is 0 Å². The first-order chi connectivity index (χ1) is 6.86. The predicted molar refractivity (Wildman–Crippen MR) is 53.3 cm³/mol. The Balaban J connectivity index is 3.20. The highest BCUT2D eigenvalue weighted by Gasteiger charge is 2.40. The number of alkyl halides is 3. The van der Waals surface area contributed by atoms with Crippen LogP contribution in [-0.2, 0) is 0 Å². The zero-order valence-corrected chi connectivity index (χ0v) is 9.00. The first-order valence-corrected chi connectivity index (χ1v) is 5.35. The molecule has 0 bridgehead atoms. The minimum Gasteiger partial charge on any atom is -0.284 e. The van der Waals surface area contributed by atoms with Crippen LogP contribution in [0.2, 0.25) is 0 Å². The van der Waals surface area contributed by atoms with Gasteiger partial charge in [0.05, 0.1) is 0 Å². The van der Waals surface area contributed by atoms with Gasteiger partial charge in [-0.3, -0.25) is 4.79 Å². The molecule has 0 saturated carbocycles. The Morgan fingerprint density at radius 2 is 1.93 bits per heavy atom. The maximum atomic E-state index is 12.2. The van der Waals surface area contributed by atoms with E-state index < -0.39 is 12.0 Å². The quantitative estimate of drug-likeness (QED) is 0.575. The van der Waals surface area contributed by atoms with Crippen molar-refractivity contribution < 1.29 is 18.0 Å². The summed E-state index contributed by atoms with van der Waals surface area (Å²) in [4.78, 5) is 11.4. The molecule has 0 aliphatic rings. The third-order valence-electron chi connectivity index (χ3n) is 1.86. The Labute approximate surface area is 89.7 Å². The molecule has 1 aromatic rings. The summed E-state index contributed by atoms with van der Waals surface area (Å²) in [6.07, 6.45) is -3.17. The Morgan fingerprint density at radius 1 is 1.33 bits per heavy atom. The highest BCUT2D eigenvalue weighted by molar-refractivity contribution is 7.98. The molecule has 15 heavy (non-hydrogen) atoms. The van der Waals surface area contributed by atoms with E-state index in [4.69, 9.17) is 0 Å². The summed E-state index contributed by atoms with van der Waals surface area (Å²) in [5.74, 6) is -1.79. The first-order valence-electron chi connectivity index (χ1n) is 4.12. The van der Waals surface area contributed by atoms with Crippen molar-refractivity contribution in [2.45, 2.75) is 18.0 Å². The number of hydrogen-bond acceptors (Lipinski definition) is 2. The van der Waals surface area contributed by atoms with Crippen molar-refractivity contribution in [1.82, 2.24) is 0 Å². The third kappa shape index (κ3) is 2.75. The highest BCUT2D eigenvalue weighted by Crippen LogP contribution is 2.28. The summed E-state index contributed by atoms with van der Waals surface area (Å²) >= 11 is 1.13. The molecule has 1 rings (SSSR count). The summed E-state index contributed by atoms with van der Waals surface area (Å²) in [5, 5.41) is 0. The van der Waals surface area contributed by atoms with E-state index >= 15 is 0 Å². The number of hydrogen-bond donors (Lipinski definition) is 0. The Kier molecular flexibility index (Phi) is 3.44. The summed E-state index contributed by atoms with van der Waals surface area (Å²) in [5.41, 5.74) is 0.554. The minimum absolute atomic E-state index is 0.277. The predicted octanol–water partition coefficient (Wildman–Crippen LogP) is 3.46. The molecule has 0 unspecified atom stereocenters. The van der Waals surface area contributed by atoms with E-state index in [0.29, 0.717) is 4.90 Å². The van der Waals surface area contributed by atoms with Crippen LogP contribution in [0.3, 0.4) is 0 Å². The zero-order valence-electron chi connectivity index (χ0n) is 8.18. The van der Waals surface area contributed by atoms with Gasteiger partial charge in [0, 0.05) is 10.5 Å². The van der Waals surface area contributed by atoms with Crippen LogP contribution in [0.1, 0.15) is 15.9 Å². The fourth-order valence-electron chi connectivity index (χ4n) is 1.14. The number of Topliss-reactive ketones (excluding diaryl/α,β-unsaturated/α-hetero) is 1. The largest absolute Gasteiger partial charge is 0.454 e. The van der Waals surface area contributed by atoms with Crippen LogP contribution in [0.4, 0.5) is 13.2 Å². The Morgan fingerprint density at radius 3 is 2.40 bits per heavy atom. The molecule has 0 spiro atoms. The summed E-state index contributed by atoms with van der Waals surface area (Å²) in [7, 11) is 0. The molecule has 0 heterocycles. The van der Waals surface area contributed by atoms with Crippen LogP contribution in [0.25, 0.3) is 0 Å². The van der Waals surface area contributed by atoms with Crippen LogP contribution >= 0.6 is 11.8 Å². The van der Waals surface area contributed by atoms with Gasteiger partial charge in [-0.2, -0.15) is 13.2 Å². The van der Waals surface area contributed by atoms with Gasteiger partial charge in [0.25, 0.3) is 5.78 Å². The lowest BCUT2D eigenvalue weighted by Crippen LogP contribution is -2.23. The van der Waals surface area contributed by atoms with Gasteiger partial charge in [-0.1, -0.05) is 6.07 Å². The average Bonchev–Trinajstić information content (AvgIpc) is 2.15. The van der Waals surface area contributed by atoms with Crippen molar-refractivity contribution in [1.29, 1.82) is 0 Å². The summed E-state index contributed by atoms with van der Waals surface area (Å²) in [6, 6.07) is 4.29. The molecule has 82 valence electrons. The van der Waals surface area contributed by atoms with Crippen molar-refractivity contribution in [3.8, 4) is 0 Å². The molecule has 0 atom stereocenters. The molecule has 1 nitrogen and oxygen atoms in total. The van der Waals surface area contributed by atoms with Gasteiger partial charge in [-0.15, -0.1) is 11.8 Å². The smallest absolute Gasteiger partial charge is 0.284 e. The number of halogens is 3. The third-order valence-corrected chi connectivity index (χ3v) is 2.64. The standard InChI is InChI=1S/C10H9F3OS/c1-6-3-4-7(8(5-6)15-2)9(14)10(11,12)13/h3-5H,1-2H3. The van der Waals surface area contributed by atoms with Crippen molar-refractivity contribution in [2.75, 3.05) is 6.26 Å². The van der Waals surface area contributed by atoms with Gasteiger partial charge in [0.1, 0.15) is 0 Å². The summed E-state index contributed by atoms with van der Waals surface area (Å²) in [6.45, 7) is 1.77. The van der Waals surface area contributed by atoms with E-state index in [1.54, 1.807) is 19.2 Å². The minimum atomic E-state index is -4.81. The number of rotatable bonds is 2. The van der Waals surface area contributed by atoms with Crippen LogP contribution in [0.15, 0.2) is 23.1 Å². The summed E-state index contributed by atoms with van der Waals surface area (Å²) < 4.78 is 36.6. The zero-order chi connectivity index (χ0) is 11.6. The van der Waals surface area contributed by atoms with Crippen molar-refractivity contribution in [2.24, 2.45) is 0 Å². The fraction of sp³-hybridized carbons (Fsp3) is 0.300. The highest BCUT2D eigenvalue weighted by atomic mass is 32.2. The molecule has 1 aromatic carbocycles. The lowest BCUT2D eigenvalue weighted by atomic mass is 10.1. The van der Waals surface area contributed by atoms with Crippen molar-refractivity contribution in [3.05, 3.63) is 29.3 Å². The maximum absolute atomic E-state index is 12.2. The molecular weight excluding hydrogens is 225 g/mol. The van der Waals surface area contributed by atoms with E-state index in [1.165, 1.54) is 12.1 Å². The van der Waals surface area contributed by atoms with Gasteiger partial charge in [-0.05, 0) is 30.9 Å². The molecule has 5 heteroatoms. The lowest BCUT2D eigenvalue weighted by Gasteiger charge is -2.09. The van der Waals surface area contributed by atoms with Crippen LogP contribution in [-0.4, -0.2) is 18.2 Å². The second-order valence-corrected chi connectivity index (χ2v) is 3.88. The van der Waals surface area contributed by atoms with E-state index in [0.717, 1.165) is 17.3 Å². The number of thioether (sulfide) groups is 1. The lowest BCUT2D eigenvalue weighted by molar-refractivity contribution is -0.0887. The number of benzene rings is 1. The number of carbonyl (C=O) groups is 1. The van der Waals surface area contributed by atoms with Gasteiger partial charge in [0.2, 0.25) is 0 Å². The van der Waals surface area contributed by atoms with E-state index in [1.807, 2.05) is 0 Å². The molecule has 0 saturated heterocycles. The molecule has 0 aliphatic carbocycles. The fourth-order valence-corrected chi connectivity index (χ4v) is 1.82. The molecule has 0 aromatic heterocycles. The maximum Gasteiger partial charge on any atom is 0.454 e. The van der Waals surface area contributed by atoms with Crippen molar-refractivity contribution >= 4 is 17.5 Å². The average molecular weight is 234 g/mol. The van der Waals surface area contributed by atoms with Crippen LogP contribution in [0, 0.1) is 6.92 Å². The number of carbonyl (C=O) groups excluding carboxylic acids is 1.